The van der Waals surface area contributed by atoms with Crippen LogP contribution in [0.2, 0.25) is 0 Å². The van der Waals surface area contributed by atoms with Crippen LogP contribution < -0.4 is 10.1 Å². The van der Waals surface area contributed by atoms with E-state index in [9.17, 15) is 4.79 Å². The van der Waals surface area contributed by atoms with Crippen LogP contribution in [0.3, 0.4) is 0 Å². The highest BCUT2D eigenvalue weighted by Gasteiger charge is 2.07. The molecule has 0 aromatic heterocycles. The van der Waals surface area contributed by atoms with Crippen molar-refractivity contribution in [1.82, 2.24) is 4.90 Å². The topological polar surface area (TPSA) is 61.8 Å². The molecular weight excluding hydrogens is 232 g/mol. The maximum atomic E-state index is 11.7. The number of nitrogens with zero attached hydrogens (tertiary/aromatic N) is 1. The van der Waals surface area contributed by atoms with E-state index in [1.165, 1.54) is 0 Å². The third-order valence-electron chi connectivity index (χ3n) is 2.58. The number of nitrogens with one attached hydrogen (secondary N) is 1. The summed E-state index contributed by atoms with van der Waals surface area (Å²) < 4.78 is 5.15. The van der Waals surface area contributed by atoms with Crippen molar-refractivity contribution in [1.29, 1.82) is 0 Å². The first kappa shape index (κ1) is 14.5. The number of aliphatic hydroxyl groups is 1. The summed E-state index contributed by atoms with van der Waals surface area (Å²) in [4.78, 5) is 13.6. The Bertz CT molecular complexity index is 382. The lowest BCUT2D eigenvalue weighted by Crippen LogP contribution is -2.26. The summed E-state index contributed by atoms with van der Waals surface area (Å²) in [6.45, 7) is 1.29. The van der Waals surface area contributed by atoms with Crippen molar-refractivity contribution < 1.29 is 14.6 Å². The zero-order valence-corrected chi connectivity index (χ0v) is 10.8. The second kappa shape index (κ2) is 7.68. The minimum atomic E-state index is -0.0655. The number of carbonyl (C=O) groups is 1. The van der Waals surface area contributed by atoms with E-state index in [1.807, 2.05) is 24.1 Å². The number of rotatable bonds is 7. The number of aliphatic hydroxyl groups excluding tert-OH is 1. The molecule has 0 unspecified atom stereocenters. The Kier molecular flexibility index (Phi) is 6.18. The van der Waals surface area contributed by atoms with E-state index >= 15 is 0 Å². The molecule has 1 aromatic carbocycles. The molecule has 1 aromatic rings. The summed E-state index contributed by atoms with van der Waals surface area (Å²) in [5.74, 6) is 0.582. The van der Waals surface area contributed by atoms with Crippen LogP contribution in [0.25, 0.3) is 0 Å². The molecule has 0 spiro atoms. The van der Waals surface area contributed by atoms with Gasteiger partial charge >= 0.3 is 0 Å². The van der Waals surface area contributed by atoms with Gasteiger partial charge in [0.25, 0.3) is 0 Å². The smallest absolute Gasteiger partial charge is 0.225 e. The monoisotopic (exact) mass is 252 g/mol. The lowest BCUT2D eigenvalue weighted by Gasteiger charge is -2.15. The van der Waals surface area contributed by atoms with Gasteiger partial charge < -0.3 is 20.1 Å². The van der Waals surface area contributed by atoms with Gasteiger partial charge in [-0.1, -0.05) is 12.1 Å². The van der Waals surface area contributed by atoms with E-state index in [1.54, 1.807) is 19.2 Å². The molecule has 0 fully saturated rings. The minimum Gasteiger partial charge on any atom is -0.495 e. The molecule has 0 bridgehead atoms. The van der Waals surface area contributed by atoms with E-state index in [0.717, 1.165) is 0 Å². The van der Waals surface area contributed by atoms with Gasteiger partial charge in [0, 0.05) is 19.5 Å². The van der Waals surface area contributed by atoms with E-state index in [2.05, 4.69) is 5.32 Å². The molecule has 5 nitrogen and oxygen atoms in total. The van der Waals surface area contributed by atoms with Gasteiger partial charge in [-0.25, -0.2) is 0 Å². The van der Waals surface area contributed by atoms with Gasteiger partial charge in [-0.05, 0) is 19.2 Å². The number of ether oxygens (including phenoxy) is 1. The van der Waals surface area contributed by atoms with Crippen molar-refractivity contribution in [3.05, 3.63) is 24.3 Å². The first-order valence-corrected chi connectivity index (χ1v) is 5.89. The fourth-order valence-electron chi connectivity index (χ4n) is 1.54. The number of methoxy groups -OCH3 is 1. The van der Waals surface area contributed by atoms with Crippen LogP contribution in [-0.2, 0) is 4.79 Å². The highest BCUT2D eigenvalue weighted by atomic mass is 16.5. The van der Waals surface area contributed by atoms with Gasteiger partial charge in [-0.2, -0.15) is 0 Å². The molecule has 0 atom stereocenters. The number of amides is 1. The number of hydrogen-bond acceptors (Lipinski definition) is 4. The van der Waals surface area contributed by atoms with E-state index in [4.69, 9.17) is 9.84 Å². The fourth-order valence-corrected chi connectivity index (χ4v) is 1.54. The first-order chi connectivity index (χ1) is 8.67. The molecule has 1 amide bonds. The SMILES string of the molecule is COc1ccccc1NC(=O)CCN(C)CCO. The van der Waals surface area contributed by atoms with Crippen molar-refractivity contribution in [3.8, 4) is 5.75 Å². The molecule has 0 saturated carbocycles. The predicted molar refractivity (Wildman–Crippen MR) is 70.8 cm³/mol. The number of para-hydroxylation sites is 2. The fraction of sp³-hybridized carbons (Fsp3) is 0.462. The van der Waals surface area contributed by atoms with Crippen molar-refractivity contribution in [3.63, 3.8) is 0 Å². The second-order valence-corrected chi connectivity index (χ2v) is 4.03. The van der Waals surface area contributed by atoms with Gasteiger partial charge in [0.05, 0.1) is 19.4 Å². The molecule has 0 aliphatic heterocycles. The molecule has 0 saturated heterocycles. The molecule has 5 heteroatoms. The molecule has 2 N–H and O–H groups in total. The third kappa shape index (κ3) is 4.73. The van der Waals surface area contributed by atoms with Gasteiger partial charge in [0.2, 0.25) is 5.91 Å². The van der Waals surface area contributed by atoms with Crippen LogP contribution >= 0.6 is 0 Å². The number of benzene rings is 1. The molecular formula is C13H20N2O3. The van der Waals surface area contributed by atoms with Crippen LogP contribution in [0.1, 0.15) is 6.42 Å². The highest BCUT2D eigenvalue weighted by Crippen LogP contribution is 2.22. The summed E-state index contributed by atoms with van der Waals surface area (Å²) in [6.07, 6.45) is 0.383. The van der Waals surface area contributed by atoms with Crippen molar-refractivity contribution >= 4 is 11.6 Å². The van der Waals surface area contributed by atoms with E-state index in [-0.39, 0.29) is 12.5 Å². The standard InChI is InChI=1S/C13H20N2O3/c1-15(9-10-16)8-7-13(17)14-11-5-3-4-6-12(11)18-2/h3-6,16H,7-10H2,1-2H3,(H,14,17). The zero-order valence-electron chi connectivity index (χ0n) is 10.8. The predicted octanol–water partition coefficient (Wildman–Crippen LogP) is 0.948. The Labute approximate surface area is 107 Å². The van der Waals surface area contributed by atoms with Gasteiger partial charge in [0.1, 0.15) is 5.75 Å². The summed E-state index contributed by atoms with van der Waals surface area (Å²) in [5.41, 5.74) is 0.676. The second-order valence-electron chi connectivity index (χ2n) is 4.03. The quantitative estimate of drug-likeness (QED) is 0.758. The normalized spacial score (nSPS) is 10.4. The molecule has 18 heavy (non-hydrogen) atoms. The largest absolute Gasteiger partial charge is 0.495 e. The molecule has 0 aliphatic rings. The number of hydrogen-bond donors (Lipinski definition) is 2. The molecule has 100 valence electrons. The van der Waals surface area contributed by atoms with E-state index in [0.29, 0.717) is 30.9 Å². The first-order valence-electron chi connectivity index (χ1n) is 5.89. The van der Waals surface area contributed by atoms with E-state index < -0.39 is 0 Å². The van der Waals surface area contributed by atoms with Gasteiger partial charge in [0.15, 0.2) is 0 Å². The lowest BCUT2D eigenvalue weighted by atomic mass is 10.2. The molecule has 0 radical (unpaired) electrons. The molecule has 0 aliphatic carbocycles. The highest BCUT2D eigenvalue weighted by molar-refractivity contribution is 5.92. The van der Waals surface area contributed by atoms with Crippen LogP contribution in [0.5, 0.6) is 5.75 Å². The van der Waals surface area contributed by atoms with Crippen LogP contribution in [0.4, 0.5) is 5.69 Å². The molecule has 0 heterocycles. The number of likely N-dealkylation sites (N-methyl/N-ethyl adjacent to an activating group) is 1. The zero-order chi connectivity index (χ0) is 13.4. The van der Waals surface area contributed by atoms with Crippen LogP contribution in [0.15, 0.2) is 24.3 Å². The van der Waals surface area contributed by atoms with Crippen LogP contribution in [0, 0.1) is 0 Å². The average molecular weight is 252 g/mol. The summed E-state index contributed by atoms with van der Waals surface area (Å²) in [6, 6.07) is 7.29. The van der Waals surface area contributed by atoms with Crippen molar-refractivity contribution in [2.75, 3.05) is 39.2 Å². The number of carbonyl (C=O) groups excluding carboxylic acids is 1. The maximum absolute atomic E-state index is 11.7. The lowest BCUT2D eigenvalue weighted by molar-refractivity contribution is -0.116. The van der Waals surface area contributed by atoms with Crippen LogP contribution in [-0.4, -0.2) is 49.8 Å². The summed E-state index contributed by atoms with van der Waals surface area (Å²) in [7, 11) is 3.44. The Hall–Kier alpha value is -1.59. The Morgan fingerprint density at radius 1 is 1.39 bits per heavy atom. The Balaban J connectivity index is 2.44. The summed E-state index contributed by atoms with van der Waals surface area (Å²) >= 11 is 0. The van der Waals surface area contributed by atoms with Crippen molar-refractivity contribution in [2.45, 2.75) is 6.42 Å². The maximum Gasteiger partial charge on any atom is 0.225 e. The van der Waals surface area contributed by atoms with Crippen molar-refractivity contribution in [2.24, 2.45) is 0 Å². The Morgan fingerprint density at radius 3 is 2.78 bits per heavy atom. The number of anilines is 1. The third-order valence-corrected chi connectivity index (χ3v) is 2.58. The molecule has 1 rings (SSSR count). The summed E-state index contributed by atoms with van der Waals surface area (Å²) in [5, 5.41) is 11.6. The van der Waals surface area contributed by atoms with Gasteiger partial charge in [-0.15, -0.1) is 0 Å². The average Bonchev–Trinajstić information content (AvgIpc) is 2.37. The van der Waals surface area contributed by atoms with Gasteiger partial charge in [-0.3, -0.25) is 4.79 Å². The Morgan fingerprint density at radius 2 is 2.11 bits per heavy atom. The minimum absolute atomic E-state index is 0.0655.